The van der Waals surface area contributed by atoms with Crippen LogP contribution in [0.5, 0.6) is 11.5 Å². The van der Waals surface area contributed by atoms with Crippen LogP contribution >= 0.6 is 0 Å². The van der Waals surface area contributed by atoms with Crippen LogP contribution < -0.4 is 25.1 Å². The van der Waals surface area contributed by atoms with E-state index < -0.39 is 11.6 Å². The predicted octanol–water partition coefficient (Wildman–Crippen LogP) is 0.0469. The van der Waals surface area contributed by atoms with E-state index in [1.165, 1.54) is 0 Å². The number of ether oxygens (including phenoxy) is 2. The summed E-state index contributed by atoms with van der Waals surface area (Å²) < 4.78 is 10.6. The van der Waals surface area contributed by atoms with Crippen molar-refractivity contribution in [2.45, 2.75) is 44.1 Å². The molecule has 0 bridgehead atoms. The van der Waals surface area contributed by atoms with Crippen molar-refractivity contribution in [3.63, 3.8) is 0 Å². The number of hydrogen-bond donors (Lipinski definition) is 3. The Balaban J connectivity index is 1.50. The van der Waals surface area contributed by atoms with Gasteiger partial charge in [-0.2, -0.15) is 5.01 Å². The van der Waals surface area contributed by atoms with Crippen LogP contribution in [0.15, 0.2) is 18.2 Å². The lowest BCUT2D eigenvalue weighted by Gasteiger charge is -2.30. The van der Waals surface area contributed by atoms with Gasteiger partial charge in [-0.1, -0.05) is 25.3 Å². The molecular formula is C21H31N4O5+. The fourth-order valence-corrected chi connectivity index (χ4v) is 4.14. The van der Waals surface area contributed by atoms with Crippen molar-refractivity contribution in [1.29, 1.82) is 0 Å². The molecule has 1 saturated heterocycles. The minimum atomic E-state index is -0.838. The summed E-state index contributed by atoms with van der Waals surface area (Å²) in [5, 5.41) is 3.64. The van der Waals surface area contributed by atoms with Gasteiger partial charge in [0.25, 0.3) is 11.8 Å². The number of carbonyl (C=O) groups excluding carboxylic acids is 3. The van der Waals surface area contributed by atoms with Crippen LogP contribution in [0.4, 0.5) is 4.79 Å². The van der Waals surface area contributed by atoms with E-state index in [1.54, 1.807) is 14.2 Å². The maximum atomic E-state index is 12.7. The Morgan fingerprint density at radius 1 is 1.17 bits per heavy atom. The molecule has 1 aromatic rings. The summed E-state index contributed by atoms with van der Waals surface area (Å²) in [5.41, 5.74) is 2.72. The molecule has 1 aliphatic heterocycles. The third kappa shape index (κ3) is 4.67. The molecule has 1 spiro atoms. The summed E-state index contributed by atoms with van der Waals surface area (Å²) in [6.07, 6.45) is 4.85. The number of nitrogens with zero attached hydrogens (tertiary/aromatic N) is 1. The van der Waals surface area contributed by atoms with Gasteiger partial charge >= 0.3 is 6.03 Å². The minimum Gasteiger partial charge on any atom is -0.493 e. The topological polar surface area (TPSA) is 101 Å². The number of amides is 4. The van der Waals surface area contributed by atoms with Gasteiger partial charge in [-0.25, -0.2) is 4.79 Å². The molecule has 1 heterocycles. The SMILES string of the molecule is COc1ccc(CC[NH+](C)CC(=O)NN2C(=O)NC3(CCCCC3)C2=O)cc1OC. The highest BCUT2D eigenvalue weighted by molar-refractivity contribution is 6.08. The molecule has 0 radical (unpaired) electrons. The fraction of sp³-hybridized carbons (Fsp3) is 0.571. The molecule has 1 atom stereocenters. The molecule has 1 aliphatic carbocycles. The molecule has 30 heavy (non-hydrogen) atoms. The third-order valence-electron chi connectivity index (χ3n) is 5.86. The number of benzene rings is 1. The van der Waals surface area contributed by atoms with Gasteiger partial charge in [0.2, 0.25) is 0 Å². The maximum Gasteiger partial charge on any atom is 0.344 e. The summed E-state index contributed by atoms with van der Waals surface area (Å²) in [5.74, 6) is 0.630. The first-order valence-corrected chi connectivity index (χ1v) is 10.4. The number of imide groups is 1. The Morgan fingerprint density at radius 3 is 2.53 bits per heavy atom. The van der Waals surface area contributed by atoms with Gasteiger partial charge in [0.05, 0.1) is 27.8 Å². The van der Waals surface area contributed by atoms with Crippen molar-refractivity contribution >= 4 is 17.8 Å². The number of urea groups is 1. The first-order valence-electron chi connectivity index (χ1n) is 10.4. The summed E-state index contributed by atoms with van der Waals surface area (Å²) in [6, 6.07) is 5.20. The molecule has 2 aliphatic rings. The summed E-state index contributed by atoms with van der Waals surface area (Å²) in [6.45, 7) is 0.852. The van der Waals surface area contributed by atoms with E-state index in [1.807, 2.05) is 25.2 Å². The summed E-state index contributed by atoms with van der Waals surface area (Å²) >= 11 is 0. The molecule has 164 valence electrons. The fourth-order valence-electron chi connectivity index (χ4n) is 4.14. The zero-order valence-electron chi connectivity index (χ0n) is 17.9. The number of rotatable bonds is 8. The molecule has 3 N–H and O–H groups in total. The van der Waals surface area contributed by atoms with E-state index in [0.717, 1.165) is 41.2 Å². The molecule has 3 rings (SSSR count). The van der Waals surface area contributed by atoms with Gasteiger partial charge in [-0.05, 0) is 30.5 Å². The van der Waals surface area contributed by atoms with Crippen molar-refractivity contribution in [3.05, 3.63) is 23.8 Å². The van der Waals surface area contributed by atoms with Crippen molar-refractivity contribution < 1.29 is 28.8 Å². The highest BCUT2D eigenvalue weighted by Gasteiger charge is 2.52. The van der Waals surface area contributed by atoms with E-state index in [4.69, 9.17) is 9.47 Å². The van der Waals surface area contributed by atoms with Gasteiger partial charge in [0, 0.05) is 6.42 Å². The van der Waals surface area contributed by atoms with Crippen LogP contribution in [-0.4, -0.2) is 62.8 Å². The highest BCUT2D eigenvalue weighted by Crippen LogP contribution is 2.33. The Bertz CT molecular complexity index is 807. The Labute approximate surface area is 176 Å². The van der Waals surface area contributed by atoms with Gasteiger partial charge in [-0.3, -0.25) is 15.0 Å². The predicted molar refractivity (Wildman–Crippen MR) is 109 cm³/mol. The molecule has 4 amide bonds. The van der Waals surface area contributed by atoms with E-state index in [0.29, 0.717) is 30.9 Å². The number of quaternary nitrogens is 1. The molecule has 9 heteroatoms. The van der Waals surface area contributed by atoms with Gasteiger partial charge in [0.1, 0.15) is 5.54 Å². The van der Waals surface area contributed by atoms with Crippen molar-refractivity contribution in [2.75, 3.05) is 34.4 Å². The number of likely N-dealkylation sites (N-methyl/N-ethyl adjacent to an activating group) is 1. The quantitative estimate of drug-likeness (QED) is 0.517. The molecular weight excluding hydrogens is 388 g/mol. The van der Waals surface area contributed by atoms with Gasteiger partial charge < -0.3 is 19.7 Å². The standard InChI is InChI=1S/C21H30N4O5/c1-24(12-9-15-7-8-16(29-2)17(13-15)30-3)14-18(26)23-25-19(27)21(22-20(25)28)10-5-4-6-11-21/h7-8,13H,4-6,9-12,14H2,1-3H3,(H,22,28)(H,23,26)/p+1. The smallest absolute Gasteiger partial charge is 0.344 e. The number of methoxy groups -OCH3 is 2. The van der Waals surface area contributed by atoms with Crippen LogP contribution in [-0.2, 0) is 16.0 Å². The maximum absolute atomic E-state index is 12.7. The molecule has 1 aromatic carbocycles. The zero-order chi connectivity index (χ0) is 21.7. The second kappa shape index (κ2) is 9.34. The van der Waals surface area contributed by atoms with E-state index >= 15 is 0 Å². The number of nitrogens with one attached hydrogen (secondary N) is 3. The van der Waals surface area contributed by atoms with Crippen LogP contribution in [0.2, 0.25) is 0 Å². The van der Waals surface area contributed by atoms with E-state index in [2.05, 4.69) is 10.7 Å². The second-order valence-corrected chi connectivity index (χ2v) is 8.07. The Hall–Kier alpha value is -2.81. The lowest BCUT2D eigenvalue weighted by molar-refractivity contribution is -0.871. The summed E-state index contributed by atoms with van der Waals surface area (Å²) in [7, 11) is 5.08. The van der Waals surface area contributed by atoms with Crippen molar-refractivity contribution in [1.82, 2.24) is 15.8 Å². The van der Waals surface area contributed by atoms with Crippen molar-refractivity contribution in [2.24, 2.45) is 0 Å². The van der Waals surface area contributed by atoms with Gasteiger partial charge in [-0.15, -0.1) is 0 Å². The Kier molecular flexibility index (Phi) is 6.81. The monoisotopic (exact) mass is 419 g/mol. The molecule has 0 aromatic heterocycles. The zero-order valence-corrected chi connectivity index (χ0v) is 17.9. The number of carbonyl (C=O) groups is 3. The molecule has 2 fully saturated rings. The van der Waals surface area contributed by atoms with Crippen LogP contribution in [0.25, 0.3) is 0 Å². The normalized spacial score (nSPS) is 18.8. The van der Waals surface area contributed by atoms with Crippen LogP contribution in [0.3, 0.4) is 0 Å². The molecule has 1 saturated carbocycles. The first-order chi connectivity index (χ1) is 14.4. The second-order valence-electron chi connectivity index (χ2n) is 8.07. The summed E-state index contributed by atoms with van der Waals surface area (Å²) in [4.78, 5) is 38.4. The average Bonchev–Trinajstić information content (AvgIpc) is 2.96. The van der Waals surface area contributed by atoms with E-state index in [9.17, 15) is 14.4 Å². The largest absolute Gasteiger partial charge is 0.493 e. The van der Waals surface area contributed by atoms with Crippen LogP contribution in [0, 0.1) is 0 Å². The average molecular weight is 420 g/mol. The lowest BCUT2D eigenvalue weighted by Crippen LogP contribution is -3.10. The Morgan fingerprint density at radius 2 is 1.87 bits per heavy atom. The van der Waals surface area contributed by atoms with Crippen molar-refractivity contribution in [3.8, 4) is 11.5 Å². The molecule has 9 nitrogen and oxygen atoms in total. The minimum absolute atomic E-state index is 0.150. The number of hydrazine groups is 1. The van der Waals surface area contributed by atoms with E-state index in [-0.39, 0.29) is 18.4 Å². The molecule has 1 unspecified atom stereocenters. The van der Waals surface area contributed by atoms with Crippen LogP contribution in [0.1, 0.15) is 37.7 Å². The highest BCUT2D eigenvalue weighted by atomic mass is 16.5. The third-order valence-corrected chi connectivity index (χ3v) is 5.86. The van der Waals surface area contributed by atoms with Gasteiger partial charge in [0.15, 0.2) is 18.0 Å². The lowest BCUT2D eigenvalue weighted by atomic mass is 9.82. The number of hydrogen-bond acceptors (Lipinski definition) is 5. The first kappa shape index (κ1) is 21.9.